The van der Waals surface area contributed by atoms with Crippen LogP contribution in [0.25, 0.3) is 11.1 Å². The van der Waals surface area contributed by atoms with Crippen LogP contribution in [0.5, 0.6) is 5.75 Å². The van der Waals surface area contributed by atoms with Gasteiger partial charge in [0, 0.05) is 18.5 Å². The Morgan fingerprint density at radius 3 is 2.45 bits per heavy atom. The van der Waals surface area contributed by atoms with Gasteiger partial charge in [-0.25, -0.2) is 0 Å². The molecule has 2 aromatic rings. The Morgan fingerprint density at radius 2 is 1.80 bits per heavy atom. The van der Waals surface area contributed by atoms with Gasteiger partial charge in [-0.1, -0.05) is 49.4 Å². The molecule has 3 heteroatoms. The Balaban J connectivity index is 2.13. The summed E-state index contributed by atoms with van der Waals surface area (Å²) in [7, 11) is 1.67. The summed E-state index contributed by atoms with van der Waals surface area (Å²) < 4.78 is 5.37. The average Bonchev–Trinajstić information content (AvgIpc) is 2.53. The summed E-state index contributed by atoms with van der Waals surface area (Å²) in [5, 5.41) is 2.87. The fourth-order valence-electron chi connectivity index (χ4n) is 2.01. The number of carbonyl (C=O) groups is 1. The van der Waals surface area contributed by atoms with Gasteiger partial charge < -0.3 is 10.1 Å². The first-order valence-electron chi connectivity index (χ1n) is 6.73. The lowest BCUT2D eigenvalue weighted by atomic mass is 10.0. The van der Waals surface area contributed by atoms with Crippen LogP contribution in [0, 0.1) is 0 Å². The standard InChI is InChI=1S/C17H19NO2/c1-3-17(19)18-12-13-8-10-14(11-9-13)15-6-4-5-7-16(15)20-2/h4-11H,3,12H2,1-2H3,(H,18,19). The number of carbonyl (C=O) groups excluding carboxylic acids is 1. The van der Waals surface area contributed by atoms with Crippen molar-refractivity contribution in [3.8, 4) is 16.9 Å². The van der Waals surface area contributed by atoms with Gasteiger partial charge in [0.25, 0.3) is 0 Å². The number of rotatable bonds is 5. The minimum atomic E-state index is 0.0683. The Hall–Kier alpha value is -2.29. The van der Waals surface area contributed by atoms with E-state index in [4.69, 9.17) is 4.74 Å². The van der Waals surface area contributed by atoms with Gasteiger partial charge in [0.15, 0.2) is 0 Å². The summed E-state index contributed by atoms with van der Waals surface area (Å²) >= 11 is 0. The minimum Gasteiger partial charge on any atom is -0.496 e. The Morgan fingerprint density at radius 1 is 1.10 bits per heavy atom. The van der Waals surface area contributed by atoms with Crippen LogP contribution in [-0.4, -0.2) is 13.0 Å². The van der Waals surface area contributed by atoms with Crippen LogP contribution >= 0.6 is 0 Å². The lowest BCUT2D eigenvalue weighted by Gasteiger charge is -2.09. The van der Waals surface area contributed by atoms with Gasteiger partial charge in [0.2, 0.25) is 5.91 Å². The molecule has 2 aromatic carbocycles. The molecule has 0 heterocycles. The predicted octanol–water partition coefficient (Wildman–Crippen LogP) is 3.39. The number of hydrogen-bond donors (Lipinski definition) is 1. The zero-order valence-corrected chi connectivity index (χ0v) is 11.8. The van der Waals surface area contributed by atoms with Crippen molar-refractivity contribution in [3.63, 3.8) is 0 Å². The number of ether oxygens (including phenoxy) is 1. The van der Waals surface area contributed by atoms with E-state index in [1.54, 1.807) is 7.11 Å². The van der Waals surface area contributed by atoms with Crippen molar-refractivity contribution in [3.05, 3.63) is 54.1 Å². The second-order valence-electron chi connectivity index (χ2n) is 4.53. The predicted molar refractivity (Wildman–Crippen MR) is 80.6 cm³/mol. The largest absolute Gasteiger partial charge is 0.496 e. The lowest BCUT2D eigenvalue weighted by molar-refractivity contribution is -0.120. The maximum atomic E-state index is 11.2. The monoisotopic (exact) mass is 269 g/mol. The van der Waals surface area contributed by atoms with Gasteiger partial charge in [-0.3, -0.25) is 4.79 Å². The lowest BCUT2D eigenvalue weighted by Crippen LogP contribution is -2.21. The summed E-state index contributed by atoms with van der Waals surface area (Å²) in [5.41, 5.74) is 3.26. The molecule has 0 saturated carbocycles. The average molecular weight is 269 g/mol. The molecule has 0 aliphatic heterocycles. The number of hydrogen-bond acceptors (Lipinski definition) is 2. The zero-order valence-electron chi connectivity index (χ0n) is 11.8. The topological polar surface area (TPSA) is 38.3 Å². The van der Waals surface area contributed by atoms with E-state index in [0.29, 0.717) is 13.0 Å². The van der Waals surface area contributed by atoms with Gasteiger partial charge in [0.1, 0.15) is 5.75 Å². The maximum absolute atomic E-state index is 11.2. The number of amides is 1. The summed E-state index contributed by atoms with van der Waals surface area (Å²) in [5.74, 6) is 0.929. The van der Waals surface area contributed by atoms with E-state index in [0.717, 1.165) is 22.4 Å². The fourth-order valence-corrected chi connectivity index (χ4v) is 2.01. The molecule has 0 saturated heterocycles. The number of methoxy groups -OCH3 is 1. The molecule has 1 amide bonds. The first kappa shape index (κ1) is 14.1. The van der Waals surface area contributed by atoms with Gasteiger partial charge in [-0.15, -0.1) is 0 Å². The van der Waals surface area contributed by atoms with Gasteiger partial charge >= 0.3 is 0 Å². The molecule has 0 aliphatic carbocycles. The maximum Gasteiger partial charge on any atom is 0.219 e. The first-order valence-corrected chi connectivity index (χ1v) is 6.73. The quantitative estimate of drug-likeness (QED) is 0.903. The molecule has 0 unspecified atom stereocenters. The van der Waals surface area contributed by atoms with Crippen molar-refractivity contribution in [1.82, 2.24) is 5.32 Å². The molecule has 1 N–H and O–H groups in total. The molecule has 104 valence electrons. The summed E-state index contributed by atoms with van der Waals surface area (Å²) in [6.45, 7) is 2.42. The number of para-hydroxylation sites is 1. The molecule has 0 fully saturated rings. The molecule has 0 bridgehead atoms. The number of benzene rings is 2. The van der Waals surface area contributed by atoms with Crippen molar-refractivity contribution in [2.45, 2.75) is 19.9 Å². The van der Waals surface area contributed by atoms with Crippen molar-refractivity contribution in [2.24, 2.45) is 0 Å². The number of nitrogens with one attached hydrogen (secondary N) is 1. The van der Waals surface area contributed by atoms with Crippen LogP contribution < -0.4 is 10.1 Å². The SMILES string of the molecule is CCC(=O)NCc1ccc(-c2ccccc2OC)cc1. The van der Waals surface area contributed by atoms with E-state index in [1.807, 2.05) is 55.5 Å². The molecule has 0 aliphatic rings. The van der Waals surface area contributed by atoms with Crippen LogP contribution in [0.4, 0.5) is 0 Å². The molecule has 0 spiro atoms. The van der Waals surface area contributed by atoms with Crippen molar-refractivity contribution in [1.29, 1.82) is 0 Å². The van der Waals surface area contributed by atoms with E-state index in [1.165, 1.54) is 0 Å². The van der Waals surface area contributed by atoms with Crippen molar-refractivity contribution >= 4 is 5.91 Å². The minimum absolute atomic E-state index is 0.0683. The van der Waals surface area contributed by atoms with Crippen LogP contribution in [0.1, 0.15) is 18.9 Å². The highest BCUT2D eigenvalue weighted by Gasteiger charge is 2.04. The molecule has 2 rings (SSSR count). The third-order valence-electron chi connectivity index (χ3n) is 3.18. The zero-order chi connectivity index (χ0) is 14.4. The van der Waals surface area contributed by atoms with Gasteiger partial charge in [0.05, 0.1) is 7.11 Å². The molecule has 0 radical (unpaired) electrons. The molecule has 3 nitrogen and oxygen atoms in total. The van der Waals surface area contributed by atoms with Gasteiger partial charge in [-0.2, -0.15) is 0 Å². The Labute approximate surface area is 119 Å². The third-order valence-corrected chi connectivity index (χ3v) is 3.18. The van der Waals surface area contributed by atoms with Crippen LogP contribution in [0.15, 0.2) is 48.5 Å². The van der Waals surface area contributed by atoms with Crippen molar-refractivity contribution < 1.29 is 9.53 Å². The first-order chi connectivity index (χ1) is 9.74. The van der Waals surface area contributed by atoms with E-state index >= 15 is 0 Å². The van der Waals surface area contributed by atoms with Crippen LogP contribution in [0.2, 0.25) is 0 Å². The fraction of sp³-hybridized carbons (Fsp3) is 0.235. The van der Waals surface area contributed by atoms with Crippen LogP contribution in [-0.2, 0) is 11.3 Å². The van der Waals surface area contributed by atoms with Crippen LogP contribution in [0.3, 0.4) is 0 Å². The Bertz CT molecular complexity index is 576. The molecule has 20 heavy (non-hydrogen) atoms. The van der Waals surface area contributed by atoms with E-state index < -0.39 is 0 Å². The van der Waals surface area contributed by atoms with E-state index in [-0.39, 0.29) is 5.91 Å². The summed E-state index contributed by atoms with van der Waals surface area (Å²) in [4.78, 5) is 11.2. The Kier molecular flexibility index (Phi) is 4.77. The summed E-state index contributed by atoms with van der Waals surface area (Å²) in [6.07, 6.45) is 0.513. The second-order valence-corrected chi connectivity index (χ2v) is 4.53. The van der Waals surface area contributed by atoms with E-state index in [2.05, 4.69) is 5.32 Å². The molecule has 0 atom stereocenters. The molecular weight excluding hydrogens is 250 g/mol. The smallest absolute Gasteiger partial charge is 0.219 e. The van der Waals surface area contributed by atoms with Gasteiger partial charge in [-0.05, 0) is 17.2 Å². The highest BCUT2D eigenvalue weighted by atomic mass is 16.5. The normalized spacial score (nSPS) is 10.1. The highest BCUT2D eigenvalue weighted by molar-refractivity contribution is 5.75. The molecule has 0 aromatic heterocycles. The van der Waals surface area contributed by atoms with Crippen molar-refractivity contribution in [2.75, 3.05) is 7.11 Å². The second kappa shape index (κ2) is 6.75. The third kappa shape index (κ3) is 3.38. The van der Waals surface area contributed by atoms with E-state index in [9.17, 15) is 4.79 Å². The summed E-state index contributed by atoms with van der Waals surface area (Å²) in [6, 6.07) is 16.1. The molecular formula is C17H19NO2. The highest BCUT2D eigenvalue weighted by Crippen LogP contribution is 2.29.